The molecule has 0 saturated heterocycles. The van der Waals surface area contributed by atoms with Gasteiger partial charge >= 0.3 is 5.97 Å². The van der Waals surface area contributed by atoms with Crippen LogP contribution in [0.15, 0.2) is 59.4 Å². The zero-order valence-corrected chi connectivity index (χ0v) is 17.1. The van der Waals surface area contributed by atoms with E-state index in [1.807, 2.05) is 0 Å². The molecule has 1 N–H and O–H groups in total. The van der Waals surface area contributed by atoms with Gasteiger partial charge in [-0.05, 0) is 49.4 Å². The Bertz CT molecular complexity index is 1160. The van der Waals surface area contributed by atoms with E-state index >= 15 is 0 Å². The number of esters is 1. The summed E-state index contributed by atoms with van der Waals surface area (Å²) in [5.41, 5.74) is -0.259. The molecular weight excluding hydrogens is 429 g/mol. The summed E-state index contributed by atoms with van der Waals surface area (Å²) in [7, 11) is 0. The smallest absolute Gasteiger partial charge is 0.362 e. The summed E-state index contributed by atoms with van der Waals surface area (Å²) in [5, 5.41) is 7.02. The average molecular weight is 446 g/mol. The highest BCUT2D eigenvalue weighted by Gasteiger charge is 2.20. The van der Waals surface area contributed by atoms with Crippen molar-refractivity contribution in [1.29, 1.82) is 0 Å². The molecular formula is C21H17ClFN3O5. The molecule has 0 saturated carbocycles. The van der Waals surface area contributed by atoms with Crippen molar-refractivity contribution in [3.05, 3.63) is 81.5 Å². The van der Waals surface area contributed by atoms with Crippen LogP contribution in [-0.4, -0.2) is 34.9 Å². The van der Waals surface area contributed by atoms with Crippen molar-refractivity contribution < 1.29 is 23.5 Å². The summed E-state index contributed by atoms with van der Waals surface area (Å²) >= 11 is 5.88. The fourth-order valence-corrected chi connectivity index (χ4v) is 2.76. The lowest BCUT2D eigenvalue weighted by Crippen LogP contribution is -2.27. The molecule has 0 unspecified atom stereocenters. The van der Waals surface area contributed by atoms with E-state index in [2.05, 4.69) is 10.4 Å². The van der Waals surface area contributed by atoms with Gasteiger partial charge in [-0.25, -0.2) is 9.18 Å². The molecule has 1 heterocycles. The molecule has 0 aliphatic carbocycles. The summed E-state index contributed by atoms with van der Waals surface area (Å²) in [6.07, 6.45) is 0. The number of anilines is 1. The van der Waals surface area contributed by atoms with E-state index in [1.165, 1.54) is 12.1 Å². The highest BCUT2D eigenvalue weighted by molar-refractivity contribution is 6.30. The van der Waals surface area contributed by atoms with Crippen molar-refractivity contribution in [1.82, 2.24) is 9.78 Å². The second-order valence-corrected chi connectivity index (χ2v) is 6.59. The minimum Gasteiger partial charge on any atom is -0.481 e. The summed E-state index contributed by atoms with van der Waals surface area (Å²) in [6, 6.07) is 12.5. The van der Waals surface area contributed by atoms with E-state index in [9.17, 15) is 18.8 Å². The highest BCUT2D eigenvalue weighted by atomic mass is 35.5. The van der Waals surface area contributed by atoms with E-state index in [-0.39, 0.29) is 23.7 Å². The van der Waals surface area contributed by atoms with Gasteiger partial charge in [0.2, 0.25) is 5.69 Å². The number of aromatic nitrogens is 2. The fourth-order valence-electron chi connectivity index (χ4n) is 2.56. The van der Waals surface area contributed by atoms with Crippen LogP contribution in [0.5, 0.6) is 5.75 Å². The molecule has 10 heteroatoms. The van der Waals surface area contributed by atoms with Crippen molar-refractivity contribution in [2.75, 3.05) is 18.5 Å². The SMILES string of the molecule is CCOC(=O)c1nn(-c2ccc(F)cc2)c(=O)cc1OCC(=O)Nc1cccc(Cl)c1. The van der Waals surface area contributed by atoms with Crippen molar-refractivity contribution in [3.63, 3.8) is 0 Å². The Morgan fingerprint density at radius 3 is 2.58 bits per heavy atom. The van der Waals surface area contributed by atoms with Gasteiger partial charge in [0, 0.05) is 10.7 Å². The van der Waals surface area contributed by atoms with Gasteiger partial charge < -0.3 is 14.8 Å². The van der Waals surface area contributed by atoms with Crippen LogP contribution in [-0.2, 0) is 9.53 Å². The molecule has 0 spiro atoms. The molecule has 0 radical (unpaired) electrons. The van der Waals surface area contributed by atoms with Crippen molar-refractivity contribution in [2.24, 2.45) is 0 Å². The maximum Gasteiger partial charge on any atom is 0.362 e. The molecule has 8 nitrogen and oxygen atoms in total. The number of halogens is 2. The first kappa shape index (κ1) is 22.0. The van der Waals surface area contributed by atoms with Crippen LogP contribution in [0.25, 0.3) is 5.69 Å². The molecule has 0 aliphatic heterocycles. The summed E-state index contributed by atoms with van der Waals surface area (Å²) in [6.45, 7) is 1.17. The van der Waals surface area contributed by atoms with Crippen LogP contribution in [0.4, 0.5) is 10.1 Å². The number of hydrogen-bond donors (Lipinski definition) is 1. The van der Waals surface area contributed by atoms with Crippen LogP contribution in [0.3, 0.4) is 0 Å². The Labute approximate surface area is 181 Å². The second kappa shape index (κ2) is 9.86. The molecule has 0 fully saturated rings. The third kappa shape index (κ3) is 5.67. The molecule has 3 rings (SSSR count). The van der Waals surface area contributed by atoms with E-state index in [4.69, 9.17) is 21.1 Å². The zero-order valence-electron chi connectivity index (χ0n) is 16.3. The lowest BCUT2D eigenvalue weighted by Gasteiger charge is -2.12. The van der Waals surface area contributed by atoms with E-state index in [1.54, 1.807) is 31.2 Å². The van der Waals surface area contributed by atoms with Gasteiger partial charge in [-0.1, -0.05) is 17.7 Å². The minimum atomic E-state index is -0.844. The van der Waals surface area contributed by atoms with Crippen LogP contribution in [0.1, 0.15) is 17.4 Å². The topological polar surface area (TPSA) is 99.5 Å². The van der Waals surface area contributed by atoms with Crippen LogP contribution in [0.2, 0.25) is 5.02 Å². The summed E-state index contributed by atoms with van der Waals surface area (Å²) in [5.74, 6) is -2.10. The van der Waals surface area contributed by atoms with Crippen LogP contribution < -0.4 is 15.6 Å². The minimum absolute atomic E-state index is 0.0604. The molecule has 2 aromatic carbocycles. The monoisotopic (exact) mass is 445 g/mol. The summed E-state index contributed by atoms with van der Waals surface area (Å²) in [4.78, 5) is 37.0. The molecule has 0 atom stereocenters. The number of nitrogens with zero attached hydrogens (tertiary/aromatic N) is 2. The first-order valence-corrected chi connectivity index (χ1v) is 9.51. The molecule has 160 valence electrons. The van der Waals surface area contributed by atoms with Gasteiger partial charge in [0.1, 0.15) is 5.82 Å². The second-order valence-electron chi connectivity index (χ2n) is 6.15. The first-order valence-electron chi connectivity index (χ1n) is 9.13. The largest absolute Gasteiger partial charge is 0.481 e. The number of carbonyl (C=O) groups is 2. The molecule has 1 amide bonds. The Hall–Kier alpha value is -3.72. The first-order chi connectivity index (χ1) is 14.9. The van der Waals surface area contributed by atoms with E-state index < -0.39 is 29.9 Å². The Kier molecular flexibility index (Phi) is 6.99. The number of nitrogens with one attached hydrogen (secondary N) is 1. The predicted octanol–water partition coefficient (Wildman–Crippen LogP) is 3.22. The maximum absolute atomic E-state index is 13.2. The number of rotatable bonds is 7. The van der Waals surface area contributed by atoms with Gasteiger partial charge in [0.15, 0.2) is 12.4 Å². The number of carbonyl (C=O) groups excluding carboxylic acids is 2. The maximum atomic E-state index is 13.2. The number of hydrogen-bond acceptors (Lipinski definition) is 6. The quantitative estimate of drug-likeness (QED) is 0.560. The lowest BCUT2D eigenvalue weighted by molar-refractivity contribution is -0.118. The molecule has 31 heavy (non-hydrogen) atoms. The van der Waals surface area contributed by atoms with Crippen molar-refractivity contribution >= 4 is 29.2 Å². The van der Waals surface area contributed by atoms with Gasteiger partial charge in [0.25, 0.3) is 11.5 Å². The van der Waals surface area contributed by atoms with E-state index in [0.29, 0.717) is 10.7 Å². The molecule has 0 bridgehead atoms. The van der Waals surface area contributed by atoms with Gasteiger partial charge in [0.05, 0.1) is 18.4 Å². The Balaban J connectivity index is 1.85. The number of benzene rings is 2. The van der Waals surface area contributed by atoms with Gasteiger partial charge in [-0.15, -0.1) is 0 Å². The van der Waals surface area contributed by atoms with Gasteiger partial charge in [-0.2, -0.15) is 9.78 Å². The van der Waals surface area contributed by atoms with Crippen LogP contribution >= 0.6 is 11.6 Å². The molecule has 3 aromatic rings. The molecule has 1 aromatic heterocycles. The third-order valence-corrected chi connectivity index (χ3v) is 4.14. The standard InChI is InChI=1S/C21H17ClFN3O5/c1-2-30-21(29)20-17(31-12-18(27)24-15-5-3-4-13(22)10-15)11-19(28)26(25-20)16-8-6-14(23)7-9-16/h3-11H,2,12H2,1H3,(H,24,27). The van der Waals surface area contributed by atoms with E-state index in [0.717, 1.165) is 22.9 Å². The van der Waals surface area contributed by atoms with Crippen molar-refractivity contribution in [2.45, 2.75) is 6.92 Å². The highest BCUT2D eigenvalue weighted by Crippen LogP contribution is 2.18. The average Bonchev–Trinajstić information content (AvgIpc) is 2.73. The lowest BCUT2D eigenvalue weighted by atomic mass is 10.3. The zero-order chi connectivity index (χ0) is 22.4. The fraction of sp³-hybridized carbons (Fsp3) is 0.143. The Morgan fingerprint density at radius 2 is 1.90 bits per heavy atom. The predicted molar refractivity (Wildman–Crippen MR) is 111 cm³/mol. The van der Waals surface area contributed by atoms with Gasteiger partial charge in [-0.3, -0.25) is 9.59 Å². The number of amides is 1. The number of ether oxygens (including phenoxy) is 2. The normalized spacial score (nSPS) is 10.4. The third-order valence-electron chi connectivity index (χ3n) is 3.90. The van der Waals surface area contributed by atoms with Crippen molar-refractivity contribution in [3.8, 4) is 11.4 Å². The summed E-state index contributed by atoms with van der Waals surface area (Å²) < 4.78 is 24.4. The molecule has 0 aliphatic rings. The van der Waals surface area contributed by atoms with Crippen LogP contribution in [0, 0.1) is 5.82 Å². The Morgan fingerprint density at radius 1 is 1.16 bits per heavy atom.